The number of carboxylic acid groups (broad SMARTS) is 2. The van der Waals surface area contributed by atoms with Gasteiger partial charge in [-0.15, -0.1) is 0 Å². The predicted molar refractivity (Wildman–Crippen MR) is 577 cm³/mol. The van der Waals surface area contributed by atoms with Crippen LogP contribution in [0.1, 0.15) is 147 Å². The molecule has 8 bridgehead atoms. The highest BCUT2D eigenvalue weighted by Gasteiger charge is 2.66. The van der Waals surface area contributed by atoms with E-state index in [-0.39, 0.29) is 92.1 Å². The highest BCUT2D eigenvalue weighted by atomic mass is 79.9. The van der Waals surface area contributed by atoms with Crippen LogP contribution in [0.5, 0.6) is 0 Å². The number of amides is 6. The number of nitrogens with two attached hydrogens (primary N) is 1. The minimum atomic E-state index is -1.02. The monoisotopic (exact) mass is 2360 g/mol. The van der Waals surface area contributed by atoms with E-state index in [0.29, 0.717) is 130 Å². The van der Waals surface area contributed by atoms with Crippen molar-refractivity contribution < 1.29 is 67.6 Å². The zero-order valence-corrected chi connectivity index (χ0v) is 91.4. The summed E-state index contributed by atoms with van der Waals surface area (Å²) in [4.78, 5) is 153. The number of nitrogens with one attached hydrogen (secondary N) is 4. The third-order valence-electron chi connectivity index (χ3n) is 23.8. The van der Waals surface area contributed by atoms with Crippen molar-refractivity contribution in [3.63, 3.8) is 0 Å². The van der Waals surface area contributed by atoms with Crippen molar-refractivity contribution in [3.8, 4) is 22.3 Å². The second-order valence-corrected chi connectivity index (χ2v) is 44.5. The minimum Gasteiger partial charge on any atom is -0.480 e. The third kappa shape index (κ3) is 26.9. The van der Waals surface area contributed by atoms with E-state index in [2.05, 4.69) is 202 Å². The molecule has 8 aliphatic heterocycles. The van der Waals surface area contributed by atoms with Crippen LogP contribution in [0.3, 0.4) is 0 Å². The molecule has 8 saturated heterocycles. The molecule has 4 saturated carbocycles. The average molecular weight is 2370 g/mol. The van der Waals surface area contributed by atoms with Crippen LogP contribution < -0.4 is 27.0 Å². The topological polar surface area (TPSA) is 461 Å². The number of benzene rings is 2. The maximum atomic E-state index is 13.7. The zero-order chi connectivity index (χ0) is 101. The maximum Gasteiger partial charge on any atom is 0.411 e. The summed E-state index contributed by atoms with van der Waals surface area (Å²) in [5, 5.41) is 48.9. The number of carbonyl (C=O) groups excluding carboxylic acids is 8. The molecule has 24 rings (SSSR count). The van der Waals surface area contributed by atoms with Crippen molar-refractivity contribution in [1.82, 2.24) is 88.7 Å². The van der Waals surface area contributed by atoms with E-state index in [0.717, 1.165) is 82.4 Å². The molecule has 4 aliphatic carbocycles. The third-order valence-corrected chi connectivity index (χ3v) is 27.7. The van der Waals surface area contributed by atoms with Gasteiger partial charge in [0.15, 0.2) is 22.9 Å². The van der Waals surface area contributed by atoms with Crippen LogP contribution >= 0.6 is 77.2 Å². The number of carbonyl (C=O) groups is 10. The van der Waals surface area contributed by atoms with Crippen LogP contribution in [0.2, 0.25) is 0 Å². The fourth-order valence-electron chi connectivity index (χ4n) is 17.9. The molecular formula is C91H100Br4N22O14S10. The quantitative estimate of drug-likeness (QED) is 0.0370. The van der Waals surface area contributed by atoms with Crippen molar-refractivity contribution in [3.05, 3.63) is 187 Å². The number of rotatable bonds is 15. The van der Waals surface area contributed by atoms with Gasteiger partial charge >= 0.3 is 24.1 Å². The van der Waals surface area contributed by atoms with Gasteiger partial charge in [-0.25, -0.2) is 53.3 Å². The van der Waals surface area contributed by atoms with Gasteiger partial charge < -0.3 is 51.6 Å². The summed E-state index contributed by atoms with van der Waals surface area (Å²) in [7, 11) is 3.26. The summed E-state index contributed by atoms with van der Waals surface area (Å²) >= 11 is 37.3. The summed E-state index contributed by atoms with van der Waals surface area (Å²) in [6, 6.07) is 36.4. The molecule has 18 heterocycles. The fraction of sp³-hybridized carbons (Fsp3) is 0.385. The lowest BCUT2D eigenvalue weighted by Gasteiger charge is -2.40. The van der Waals surface area contributed by atoms with Crippen molar-refractivity contribution in [1.29, 1.82) is 0 Å². The smallest absolute Gasteiger partial charge is 0.411 e. The first-order valence-corrected chi connectivity index (χ1v) is 54.1. The molecule has 10 aromatic heterocycles. The first-order valence-electron chi connectivity index (χ1n) is 42.9. The standard InChI is InChI=1S/C29H25BrN8O3.C18H15N5O3.C16H20BrN3O3.C11H12BrN3O.C11H17NO4.C5H5BrN2.CH4.S4.S3.S2.H2S/c1-16-8-25-31-12-20(14-38(25)34-16)19-6-7-22-21(9-19)27(17(2)39)35-37(22)15-26(40)36-13-18-10-29(36,11-18)28(41)33-24-5-3-4-23(30)32-24;1-10-5-16-19-7-13(8-23(16)20-10)12-3-4-15-14(6-12)18(11(2)24)21-22(15)9-17(25)26;1-15(2,3)23-14(22)20-9-10-7-16(20,8-10)13(21)19-12-6-4-5-11(17)18-12;12-8-2-1-3-9(14-8)15-10(16)11-4-7(5-11)6-13-11;1-10(2,3)16-9(15)12-6-7-4-11(12,5-7)8(13)14;6-4-2-1-3-5(7)8-4;;1-3-4-2;1-3-2;1-2;/h3-9,12,14,18H,10-11,13,15H2,1-2H3,(H,32,33,41);3-8H,9H2,1-2H3,(H,25,26);4-6,10H,7-9H2,1-3H3,(H,18,19,21);1-3,7,13H,4-6H2,(H,14,15,16);7H,4-6H2,1-3H3,(H,13,14);1-3H,(H2,7,8);1H4;;;;1H2. The summed E-state index contributed by atoms with van der Waals surface area (Å²) in [5.41, 5.74) is 9.61. The van der Waals surface area contributed by atoms with Crippen molar-refractivity contribution >= 4 is 287 Å². The Kier molecular flexibility index (Phi) is 38.5. The number of halogens is 4. The summed E-state index contributed by atoms with van der Waals surface area (Å²) in [6.45, 7) is 19.7. The van der Waals surface area contributed by atoms with Gasteiger partial charge in [0, 0.05) is 186 Å². The van der Waals surface area contributed by atoms with Crippen molar-refractivity contribution in [2.75, 3.05) is 47.9 Å². The molecule has 0 radical (unpaired) electrons. The van der Waals surface area contributed by atoms with E-state index in [1.165, 1.54) is 41.2 Å². The largest absolute Gasteiger partial charge is 0.480 e. The zero-order valence-electron chi connectivity index (χ0n) is 76.7. The number of nitrogens with zero attached hydrogens (tertiary/aromatic N) is 17. The molecule has 50 heteroatoms. The minimum absolute atomic E-state index is 0. The SMILES string of the molecule is C.CC(=O)c1nn(CC(=O)N2CC3CC2(C(=O)Nc2cccc(Br)n2)C3)c2ccc(-c3cnc4cc(C)nn4c3)cc12.CC(=O)c1nn(CC(=O)O)c2ccc(-c3cnc4cc(C)nn4c3)cc12.CC(C)(C)OC(=O)N1CC2CC1(C(=O)Nc1cccc(Br)n1)C2.CC(C)(C)OC(=O)N1CC2CC1(C(=O)O)C2.Nc1cccc(Br)n1.O=C(Nc1cccc(Br)n1)C12CC(CN1)C2.S.S=S.S=S=S.S=S=S=S. The Labute approximate surface area is 890 Å². The highest BCUT2D eigenvalue weighted by molar-refractivity contribution is 9.11. The normalized spacial score (nSPS) is 19.9. The van der Waals surface area contributed by atoms with Gasteiger partial charge in [0.05, 0.1) is 28.0 Å². The summed E-state index contributed by atoms with van der Waals surface area (Å²) in [5.74, 6) is 0.809. The van der Waals surface area contributed by atoms with Gasteiger partial charge in [-0.1, -0.05) is 43.8 Å². The van der Waals surface area contributed by atoms with E-state index in [4.69, 9.17) is 20.3 Å². The van der Waals surface area contributed by atoms with E-state index in [1.54, 1.807) is 111 Å². The van der Waals surface area contributed by atoms with E-state index in [9.17, 15) is 53.1 Å². The number of anilines is 4. The molecule has 0 atom stereocenters. The van der Waals surface area contributed by atoms with E-state index < -0.39 is 51.9 Å². The number of aryl methyl sites for hydroxylation is 2. The van der Waals surface area contributed by atoms with Crippen LogP contribution in [0, 0.1) is 37.5 Å². The second-order valence-electron chi connectivity index (χ2n) is 36.0. The molecule has 2 aromatic carbocycles. The number of carboxylic acids is 2. The molecule has 0 unspecified atom stereocenters. The van der Waals surface area contributed by atoms with Gasteiger partial charge in [-0.2, -0.15) is 33.9 Å². The Bertz CT molecular complexity index is 6870. The molecule has 12 aromatic rings. The predicted octanol–water partition coefficient (Wildman–Crippen LogP) is 14.7. The average Bonchev–Trinajstić information content (AvgIpc) is 1.56. The molecule has 6 amide bonds. The number of fused-ring (bicyclic) bond motifs is 8. The Morgan fingerprint density at radius 3 is 1.21 bits per heavy atom. The van der Waals surface area contributed by atoms with Crippen LogP contribution in [0.4, 0.5) is 32.9 Å². The Hall–Kier alpha value is -10.1. The van der Waals surface area contributed by atoms with Gasteiger partial charge in [-0.3, -0.25) is 52.7 Å². The number of aromatic nitrogens is 14. The van der Waals surface area contributed by atoms with Gasteiger partial charge in [0.2, 0.25) is 11.8 Å². The van der Waals surface area contributed by atoms with Crippen LogP contribution in [0.25, 0.3) is 55.4 Å². The first-order chi connectivity index (χ1) is 65.8. The van der Waals surface area contributed by atoms with Gasteiger partial charge in [-0.05, 0) is 285 Å². The summed E-state index contributed by atoms with van der Waals surface area (Å²) < 4.78 is 19.8. The Morgan fingerprint density at radius 2 is 0.865 bits per heavy atom. The lowest BCUT2D eigenvalue weighted by Crippen LogP contribution is -2.57. The fourth-order valence-corrected chi connectivity index (χ4v) is 19.3. The number of aliphatic carboxylic acids is 2. The number of hydrogen-bond donors (Lipinski definition) is 7. The van der Waals surface area contributed by atoms with Gasteiger partial charge in [0.25, 0.3) is 11.8 Å². The molecule has 141 heavy (non-hydrogen) atoms. The Morgan fingerprint density at radius 1 is 0.496 bits per heavy atom. The molecule has 8 N–H and O–H groups in total. The maximum absolute atomic E-state index is 13.7. The molecule has 12 fully saturated rings. The highest BCUT2D eigenvalue weighted by Crippen LogP contribution is 2.54. The lowest BCUT2D eigenvalue weighted by molar-refractivity contribution is -0.152. The van der Waals surface area contributed by atoms with Crippen molar-refractivity contribution in [2.24, 2.45) is 23.7 Å². The van der Waals surface area contributed by atoms with Crippen molar-refractivity contribution in [2.45, 2.75) is 174 Å². The van der Waals surface area contributed by atoms with Gasteiger partial charge in [0.1, 0.15) is 94.0 Å². The van der Waals surface area contributed by atoms with Crippen LogP contribution in [-0.4, -0.2) is 212 Å². The molecular weight excluding hydrogens is 2270 g/mol. The molecule has 36 nitrogen and oxygen atoms in total. The number of Topliss-reactive ketones (excluding diaryl/α,β-unsaturated/α-hetero) is 2. The number of pyridine rings is 4. The molecule has 0 spiro atoms. The Balaban J connectivity index is 0.000000180. The number of ketones is 2. The molecule has 12 aliphatic rings. The molecule has 746 valence electrons. The van der Waals surface area contributed by atoms with E-state index >= 15 is 0 Å². The number of nitrogen functional groups attached to an aromatic ring is 1. The van der Waals surface area contributed by atoms with E-state index in [1.807, 2.05) is 114 Å². The van der Waals surface area contributed by atoms with Crippen LogP contribution in [0.15, 0.2) is 165 Å². The summed E-state index contributed by atoms with van der Waals surface area (Å²) in [6.07, 6.45) is 12.0. The lowest BCUT2D eigenvalue weighted by atomic mass is 9.72. The number of hydrogen-bond acceptors (Lipinski definition) is 30. The van der Waals surface area contributed by atoms with Crippen LogP contribution in [-0.2, 0) is 145 Å². The number of ether oxygens (including phenoxy) is 2. The first kappa shape index (κ1) is 113. The second kappa shape index (κ2) is 48.1.